The first kappa shape index (κ1) is 22.7. The maximum Gasteiger partial charge on any atom is 0.265 e. The summed E-state index contributed by atoms with van der Waals surface area (Å²) >= 11 is 1.26. The highest BCUT2D eigenvalue weighted by Gasteiger charge is 2.39. The molecule has 4 aromatic rings. The lowest BCUT2D eigenvalue weighted by Crippen LogP contribution is -2.41. The van der Waals surface area contributed by atoms with E-state index in [4.69, 9.17) is 5.73 Å². The van der Waals surface area contributed by atoms with E-state index in [1.165, 1.54) is 17.4 Å². The fourth-order valence-electron chi connectivity index (χ4n) is 3.98. The molecule has 10 nitrogen and oxygen atoms in total. The van der Waals surface area contributed by atoms with Crippen molar-refractivity contribution in [3.63, 3.8) is 0 Å². The van der Waals surface area contributed by atoms with Crippen LogP contribution in [0.3, 0.4) is 0 Å². The number of nitrogens with two attached hydrogens (primary N) is 1. The lowest BCUT2D eigenvalue weighted by molar-refractivity contribution is -0.119. The maximum absolute atomic E-state index is 13.6. The number of aromatic amines is 1. The van der Waals surface area contributed by atoms with E-state index in [1.54, 1.807) is 32.0 Å². The summed E-state index contributed by atoms with van der Waals surface area (Å²) in [6, 6.07) is 15.8. The molecular weight excluding hydrogens is 486 g/mol. The zero-order valence-corrected chi connectivity index (χ0v) is 20.4. The molecule has 1 aliphatic heterocycles. The first-order chi connectivity index (χ1) is 16.8. The van der Waals surface area contributed by atoms with Gasteiger partial charge >= 0.3 is 0 Å². The Morgan fingerprint density at radius 1 is 1.17 bits per heavy atom. The van der Waals surface area contributed by atoms with E-state index in [9.17, 15) is 13.2 Å². The number of thiazole rings is 1. The Bertz CT molecular complexity index is 1560. The number of anilines is 2. The molecule has 2 aromatic carbocycles. The zero-order chi connectivity index (χ0) is 24.7. The summed E-state index contributed by atoms with van der Waals surface area (Å²) in [5.41, 5.74) is 11.9. The Kier molecular flexibility index (Phi) is 5.61. The Morgan fingerprint density at radius 3 is 2.60 bits per heavy atom. The lowest BCUT2D eigenvalue weighted by atomic mass is 10.1. The standard InChI is InChI=1S/C23H21N7O3S2/c1-13-22(34-23(24)25-13)14(2)26-27-18(31)12-30-21-19(15-8-4-3-5-9-15)28-29-20(21)16-10-6-7-11-17(16)35(30,32)33/h3-11H,12H2,1-2H3,(H2,24,25)(H,27,31)(H,28,29)/b26-14+. The molecule has 0 fully saturated rings. The third-order valence-corrected chi connectivity index (χ3v) is 8.44. The van der Waals surface area contributed by atoms with E-state index < -0.39 is 22.5 Å². The molecule has 12 heteroatoms. The van der Waals surface area contributed by atoms with Gasteiger partial charge in [-0.25, -0.2) is 18.8 Å². The van der Waals surface area contributed by atoms with Crippen LogP contribution >= 0.6 is 11.3 Å². The van der Waals surface area contributed by atoms with E-state index in [0.29, 0.717) is 39.2 Å². The molecule has 0 spiro atoms. The Hall–Kier alpha value is -4.03. The third-order valence-electron chi connectivity index (χ3n) is 5.54. The van der Waals surface area contributed by atoms with Crippen LogP contribution in [0.2, 0.25) is 0 Å². The number of rotatable bonds is 5. The summed E-state index contributed by atoms with van der Waals surface area (Å²) < 4.78 is 28.4. The van der Waals surface area contributed by atoms with E-state index in [2.05, 4.69) is 25.7 Å². The van der Waals surface area contributed by atoms with Crippen molar-refractivity contribution in [3.05, 3.63) is 65.2 Å². The number of H-pyrrole nitrogens is 1. The van der Waals surface area contributed by atoms with Gasteiger partial charge in [-0.2, -0.15) is 10.2 Å². The highest BCUT2D eigenvalue weighted by molar-refractivity contribution is 7.93. The number of hydrogen-bond acceptors (Lipinski definition) is 8. The van der Waals surface area contributed by atoms with Crippen molar-refractivity contribution in [2.24, 2.45) is 5.10 Å². The highest BCUT2D eigenvalue weighted by atomic mass is 32.2. The second-order valence-corrected chi connectivity index (χ2v) is 10.7. The fraction of sp³-hybridized carbons (Fsp3) is 0.130. The van der Waals surface area contributed by atoms with Gasteiger partial charge in [0.2, 0.25) is 0 Å². The number of nitrogens with zero attached hydrogens (tertiary/aromatic N) is 4. The molecule has 3 heterocycles. The van der Waals surface area contributed by atoms with E-state index >= 15 is 0 Å². The van der Waals surface area contributed by atoms with Gasteiger partial charge in [-0.1, -0.05) is 59.9 Å². The zero-order valence-electron chi connectivity index (χ0n) is 18.8. The molecule has 0 radical (unpaired) electrons. The molecule has 5 rings (SSSR count). The molecule has 0 unspecified atom stereocenters. The largest absolute Gasteiger partial charge is 0.375 e. The van der Waals surface area contributed by atoms with Crippen LogP contribution in [-0.2, 0) is 14.8 Å². The maximum atomic E-state index is 13.6. The minimum absolute atomic E-state index is 0.0963. The van der Waals surface area contributed by atoms with Gasteiger partial charge in [0.05, 0.1) is 26.9 Å². The van der Waals surface area contributed by atoms with E-state index in [1.807, 2.05) is 30.3 Å². The quantitative estimate of drug-likeness (QED) is 0.279. The molecule has 1 amide bonds. The van der Waals surface area contributed by atoms with Gasteiger partial charge in [0.15, 0.2) is 5.13 Å². The fourth-order valence-corrected chi connectivity index (χ4v) is 6.40. The van der Waals surface area contributed by atoms with Crippen molar-refractivity contribution in [3.8, 4) is 22.5 Å². The summed E-state index contributed by atoms with van der Waals surface area (Å²) in [6.45, 7) is 3.03. The van der Waals surface area contributed by atoms with Crippen molar-refractivity contribution in [2.75, 3.05) is 16.6 Å². The van der Waals surface area contributed by atoms with Crippen molar-refractivity contribution in [2.45, 2.75) is 18.7 Å². The highest BCUT2D eigenvalue weighted by Crippen LogP contribution is 2.46. The molecule has 0 aliphatic carbocycles. The Morgan fingerprint density at radius 2 is 1.89 bits per heavy atom. The van der Waals surface area contributed by atoms with Gasteiger partial charge in [0.1, 0.15) is 17.9 Å². The number of benzene rings is 2. The van der Waals surface area contributed by atoms with Crippen molar-refractivity contribution < 1.29 is 13.2 Å². The van der Waals surface area contributed by atoms with Crippen LogP contribution in [0.25, 0.3) is 22.5 Å². The second-order valence-electron chi connectivity index (χ2n) is 7.87. The predicted octanol–water partition coefficient (Wildman–Crippen LogP) is 3.14. The molecule has 1 aliphatic rings. The van der Waals surface area contributed by atoms with Gasteiger partial charge in [-0.3, -0.25) is 14.2 Å². The van der Waals surface area contributed by atoms with Crippen LogP contribution in [0.1, 0.15) is 17.5 Å². The number of nitrogen functional groups attached to an aromatic ring is 1. The molecule has 35 heavy (non-hydrogen) atoms. The van der Waals surface area contributed by atoms with Crippen LogP contribution in [0.15, 0.2) is 64.6 Å². The smallest absolute Gasteiger partial charge is 0.265 e. The Balaban J connectivity index is 1.53. The minimum atomic E-state index is -4.05. The average molecular weight is 508 g/mol. The molecule has 0 bridgehead atoms. The molecule has 2 aromatic heterocycles. The number of carbonyl (C=O) groups excluding carboxylic acids is 1. The normalized spacial score (nSPS) is 14.3. The average Bonchev–Trinajstić information content (AvgIpc) is 3.43. The van der Waals surface area contributed by atoms with Crippen molar-refractivity contribution in [1.29, 1.82) is 0 Å². The van der Waals surface area contributed by atoms with Crippen LogP contribution in [0.5, 0.6) is 0 Å². The van der Waals surface area contributed by atoms with Crippen LogP contribution in [-0.4, -0.2) is 41.8 Å². The van der Waals surface area contributed by atoms with E-state index in [-0.39, 0.29) is 4.90 Å². The molecule has 178 valence electrons. The number of carbonyl (C=O) groups is 1. The van der Waals surface area contributed by atoms with Crippen molar-refractivity contribution >= 4 is 43.8 Å². The topological polar surface area (TPSA) is 146 Å². The summed E-state index contributed by atoms with van der Waals surface area (Å²) in [5.74, 6) is -0.603. The minimum Gasteiger partial charge on any atom is -0.375 e. The number of fused-ring (bicyclic) bond motifs is 3. The van der Waals surface area contributed by atoms with Crippen LogP contribution in [0, 0.1) is 6.92 Å². The van der Waals surface area contributed by atoms with Crippen LogP contribution in [0.4, 0.5) is 10.8 Å². The van der Waals surface area contributed by atoms with Gasteiger partial charge in [-0.05, 0) is 19.9 Å². The second kappa shape index (κ2) is 8.64. The first-order valence-electron chi connectivity index (χ1n) is 10.6. The summed E-state index contributed by atoms with van der Waals surface area (Å²) in [4.78, 5) is 17.9. The summed E-state index contributed by atoms with van der Waals surface area (Å²) in [7, 11) is -4.05. The van der Waals surface area contributed by atoms with E-state index in [0.717, 1.165) is 14.7 Å². The SMILES string of the molecule is C/C(=N\NC(=O)CN1c2c(-c3ccccc3)n[nH]c2-c2ccccc2S1(=O)=O)c1sc(N)nc1C. The van der Waals surface area contributed by atoms with Crippen molar-refractivity contribution in [1.82, 2.24) is 20.6 Å². The molecule has 0 atom stereocenters. The summed E-state index contributed by atoms with van der Waals surface area (Å²) in [6.07, 6.45) is 0. The molecule has 0 saturated heterocycles. The third kappa shape index (κ3) is 3.96. The number of sulfonamides is 1. The molecule has 4 N–H and O–H groups in total. The van der Waals surface area contributed by atoms with Gasteiger partial charge in [0, 0.05) is 11.1 Å². The van der Waals surface area contributed by atoms with Gasteiger partial charge in [0.25, 0.3) is 15.9 Å². The number of aryl methyl sites for hydroxylation is 1. The van der Waals surface area contributed by atoms with Crippen LogP contribution < -0.4 is 15.5 Å². The predicted molar refractivity (Wildman–Crippen MR) is 136 cm³/mol. The number of aromatic nitrogens is 3. The molecular formula is C23H21N7O3S2. The Labute approximate surface area is 205 Å². The number of amides is 1. The first-order valence-corrected chi connectivity index (χ1v) is 12.9. The lowest BCUT2D eigenvalue weighted by Gasteiger charge is -2.29. The number of nitrogens with one attached hydrogen (secondary N) is 2. The monoisotopic (exact) mass is 507 g/mol. The van der Waals surface area contributed by atoms with Gasteiger partial charge in [-0.15, -0.1) is 0 Å². The van der Waals surface area contributed by atoms with Gasteiger partial charge < -0.3 is 5.73 Å². The number of hydrogen-bond donors (Lipinski definition) is 3. The molecule has 0 saturated carbocycles. The number of hydrazone groups is 1. The summed E-state index contributed by atoms with van der Waals surface area (Å²) in [5, 5.41) is 11.9.